The SMILES string of the molecule is COc1ccc(N2C[C@@H](C)[C@H](NC(=O)c3cc(C4CC4)on3)C2)cc1. The summed E-state index contributed by atoms with van der Waals surface area (Å²) in [5.41, 5.74) is 1.53. The van der Waals surface area contributed by atoms with Crippen LogP contribution in [-0.2, 0) is 0 Å². The molecule has 1 saturated heterocycles. The molecule has 132 valence electrons. The van der Waals surface area contributed by atoms with Crippen molar-refractivity contribution < 1.29 is 14.1 Å². The molecule has 2 fully saturated rings. The molecular formula is C19H23N3O3. The molecule has 1 saturated carbocycles. The second kappa shape index (κ2) is 6.43. The number of anilines is 1. The van der Waals surface area contributed by atoms with Gasteiger partial charge in [0.15, 0.2) is 5.69 Å². The van der Waals surface area contributed by atoms with Crippen LogP contribution in [0.5, 0.6) is 5.75 Å². The molecule has 1 N–H and O–H groups in total. The summed E-state index contributed by atoms with van der Waals surface area (Å²) in [7, 11) is 1.66. The molecule has 0 spiro atoms. The van der Waals surface area contributed by atoms with Gasteiger partial charge in [-0.3, -0.25) is 4.79 Å². The molecule has 4 rings (SSSR count). The molecular weight excluding hydrogens is 318 g/mol. The summed E-state index contributed by atoms with van der Waals surface area (Å²) in [6.07, 6.45) is 2.26. The molecule has 2 aromatic rings. The van der Waals surface area contributed by atoms with Crippen molar-refractivity contribution in [3.8, 4) is 5.75 Å². The van der Waals surface area contributed by atoms with Gasteiger partial charge in [-0.1, -0.05) is 12.1 Å². The predicted molar refractivity (Wildman–Crippen MR) is 94.1 cm³/mol. The monoisotopic (exact) mass is 341 g/mol. The number of aromatic nitrogens is 1. The average molecular weight is 341 g/mol. The zero-order chi connectivity index (χ0) is 17.4. The maximum absolute atomic E-state index is 12.5. The van der Waals surface area contributed by atoms with Gasteiger partial charge in [0, 0.05) is 30.8 Å². The van der Waals surface area contributed by atoms with Gasteiger partial charge in [-0.25, -0.2) is 0 Å². The van der Waals surface area contributed by atoms with Crippen LogP contribution in [0.4, 0.5) is 5.69 Å². The van der Waals surface area contributed by atoms with Crippen LogP contribution in [0, 0.1) is 5.92 Å². The lowest BCUT2D eigenvalue weighted by molar-refractivity contribution is 0.0924. The summed E-state index contributed by atoms with van der Waals surface area (Å²) in [6.45, 7) is 3.85. The number of amides is 1. The number of nitrogens with one attached hydrogen (secondary N) is 1. The molecule has 6 nitrogen and oxygen atoms in total. The van der Waals surface area contributed by atoms with Gasteiger partial charge >= 0.3 is 0 Å². The van der Waals surface area contributed by atoms with Crippen molar-refractivity contribution in [2.75, 3.05) is 25.1 Å². The van der Waals surface area contributed by atoms with Crippen LogP contribution >= 0.6 is 0 Å². The lowest BCUT2D eigenvalue weighted by Gasteiger charge is -2.19. The van der Waals surface area contributed by atoms with E-state index in [2.05, 4.69) is 34.4 Å². The van der Waals surface area contributed by atoms with E-state index in [0.717, 1.165) is 43.1 Å². The minimum Gasteiger partial charge on any atom is -0.497 e. The number of ether oxygens (including phenoxy) is 1. The number of nitrogens with zero attached hydrogens (tertiary/aromatic N) is 2. The lowest BCUT2D eigenvalue weighted by atomic mass is 10.1. The summed E-state index contributed by atoms with van der Waals surface area (Å²) in [4.78, 5) is 14.7. The molecule has 1 amide bonds. The quantitative estimate of drug-likeness (QED) is 0.906. The van der Waals surface area contributed by atoms with Gasteiger partial charge in [-0.15, -0.1) is 0 Å². The fourth-order valence-electron chi connectivity index (χ4n) is 3.36. The maximum atomic E-state index is 12.5. The van der Waals surface area contributed by atoms with Gasteiger partial charge < -0.3 is 19.5 Å². The number of benzene rings is 1. The van der Waals surface area contributed by atoms with Crippen LogP contribution in [-0.4, -0.2) is 37.3 Å². The first-order valence-electron chi connectivity index (χ1n) is 8.80. The number of rotatable bonds is 5. The summed E-state index contributed by atoms with van der Waals surface area (Å²) in [6, 6.07) is 9.90. The first-order valence-corrected chi connectivity index (χ1v) is 8.80. The highest BCUT2D eigenvalue weighted by atomic mass is 16.5. The molecule has 2 heterocycles. The third-order valence-corrected chi connectivity index (χ3v) is 5.11. The molecule has 1 aliphatic heterocycles. The Kier molecular flexibility index (Phi) is 4.11. The summed E-state index contributed by atoms with van der Waals surface area (Å²) >= 11 is 0. The highest BCUT2D eigenvalue weighted by molar-refractivity contribution is 5.92. The first-order chi connectivity index (χ1) is 12.1. The third-order valence-electron chi connectivity index (χ3n) is 5.11. The van der Waals surface area contributed by atoms with Crippen molar-refractivity contribution in [1.29, 1.82) is 0 Å². The zero-order valence-electron chi connectivity index (χ0n) is 14.6. The van der Waals surface area contributed by atoms with Crippen molar-refractivity contribution in [2.45, 2.75) is 31.7 Å². The number of carbonyl (C=O) groups is 1. The molecule has 0 bridgehead atoms. The van der Waals surface area contributed by atoms with Gasteiger partial charge in [0.05, 0.1) is 13.2 Å². The Morgan fingerprint density at radius 1 is 1.28 bits per heavy atom. The van der Waals surface area contributed by atoms with E-state index in [1.807, 2.05) is 12.1 Å². The fourth-order valence-corrected chi connectivity index (χ4v) is 3.36. The van der Waals surface area contributed by atoms with Crippen molar-refractivity contribution in [3.05, 3.63) is 41.8 Å². The average Bonchev–Trinajstić information content (AvgIpc) is 3.25. The number of hydrogen-bond acceptors (Lipinski definition) is 5. The second-order valence-electron chi connectivity index (χ2n) is 7.05. The third kappa shape index (κ3) is 3.34. The van der Waals surface area contributed by atoms with Gasteiger partial charge in [0.25, 0.3) is 5.91 Å². The van der Waals surface area contributed by atoms with E-state index in [1.54, 1.807) is 13.2 Å². The summed E-state index contributed by atoms with van der Waals surface area (Å²) in [5.74, 6) is 2.36. The maximum Gasteiger partial charge on any atom is 0.273 e. The van der Waals surface area contributed by atoms with Gasteiger partial charge in [0.1, 0.15) is 11.5 Å². The molecule has 1 aromatic carbocycles. The van der Waals surface area contributed by atoms with Crippen molar-refractivity contribution in [2.24, 2.45) is 5.92 Å². The van der Waals surface area contributed by atoms with E-state index < -0.39 is 0 Å². The van der Waals surface area contributed by atoms with Crippen molar-refractivity contribution in [3.63, 3.8) is 0 Å². The fraction of sp³-hybridized carbons (Fsp3) is 0.474. The standard InChI is InChI=1S/C19H23N3O3/c1-12-10-22(14-5-7-15(24-2)8-6-14)11-17(12)20-19(23)16-9-18(25-21-16)13-3-4-13/h5-9,12-13,17H,3-4,10-11H2,1-2H3,(H,20,23)/t12-,17-/m1/s1. The second-order valence-corrected chi connectivity index (χ2v) is 7.05. The Bertz CT molecular complexity index is 752. The highest BCUT2D eigenvalue weighted by Crippen LogP contribution is 2.40. The first kappa shape index (κ1) is 16.0. The van der Waals surface area contributed by atoms with E-state index >= 15 is 0 Å². The normalized spacial score (nSPS) is 22.9. The molecule has 2 atom stereocenters. The minimum atomic E-state index is -0.149. The number of hydrogen-bond donors (Lipinski definition) is 1. The molecule has 6 heteroatoms. The zero-order valence-corrected chi connectivity index (χ0v) is 14.6. The summed E-state index contributed by atoms with van der Waals surface area (Å²) in [5, 5.41) is 7.04. The van der Waals surface area contributed by atoms with Gasteiger partial charge in [-0.05, 0) is 43.0 Å². The Hall–Kier alpha value is -2.50. The smallest absolute Gasteiger partial charge is 0.273 e. The van der Waals surface area contributed by atoms with E-state index in [0.29, 0.717) is 17.5 Å². The molecule has 0 unspecified atom stereocenters. The number of carbonyl (C=O) groups excluding carboxylic acids is 1. The Morgan fingerprint density at radius 3 is 2.72 bits per heavy atom. The van der Waals surface area contributed by atoms with Crippen LogP contribution in [0.2, 0.25) is 0 Å². The minimum absolute atomic E-state index is 0.0932. The predicted octanol–water partition coefficient (Wildman–Crippen LogP) is 2.82. The summed E-state index contributed by atoms with van der Waals surface area (Å²) < 4.78 is 10.5. The largest absolute Gasteiger partial charge is 0.497 e. The van der Waals surface area contributed by atoms with Crippen molar-refractivity contribution in [1.82, 2.24) is 10.5 Å². The molecule has 25 heavy (non-hydrogen) atoms. The van der Waals surface area contributed by atoms with Crippen LogP contribution in [0.3, 0.4) is 0 Å². The Labute approximate surface area is 147 Å². The van der Waals surface area contributed by atoms with E-state index in [-0.39, 0.29) is 11.9 Å². The molecule has 1 aromatic heterocycles. The van der Waals surface area contributed by atoms with Crippen LogP contribution < -0.4 is 15.0 Å². The van der Waals surface area contributed by atoms with E-state index in [9.17, 15) is 4.79 Å². The number of methoxy groups -OCH3 is 1. The highest BCUT2D eigenvalue weighted by Gasteiger charge is 2.33. The molecule has 0 radical (unpaired) electrons. The lowest BCUT2D eigenvalue weighted by Crippen LogP contribution is -2.40. The van der Waals surface area contributed by atoms with Crippen molar-refractivity contribution >= 4 is 11.6 Å². The topological polar surface area (TPSA) is 67.6 Å². The molecule has 1 aliphatic carbocycles. The van der Waals surface area contributed by atoms with Crippen LogP contribution in [0.15, 0.2) is 34.9 Å². The van der Waals surface area contributed by atoms with Gasteiger partial charge in [0.2, 0.25) is 0 Å². The Balaban J connectivity index is 1.39. The van der Waals surface area contributed by atoms with Gasteiger partial charge in [-0.2, -0.15) is 0 Å². The van der Waals surface area contributed by atoms with E-state index in [4.69, 9.17) is 9.26 Å². The van der Waals surface area contributed by atoms with Crippen LogP contribution in [0.1, 0.15) is 41.9 Å². The Morgan fingerprint density at radius 2 is 2.04 bits per heavy atom. The van der Waals surface area contributed by atoms with Crippen LogP contribution in [0.25, 0.3) is 0 Å². The van der Waals surface area contributed by atoms with E-state index in [1.165, 1.54) is 0 Å². The molecule has 2 aliphatic rings.